The molecule has 0 fully saturated rings. The van der Waals surface area contributed by atoms with Crippen LogP contribution in [0.5, 0.6) is 0 Å². The predicted octanol–water partition coefficient (Wildman–Crippen LogP) is 1.05. The fourth-order valence-corrected chi connectivity index (χ4v) is 0.660. The molecular formula is C7H9N3. The van der Waals surface area contributed by atoms with Gasteiger partial charge in [0.05, 0.1) is 11.4 Å². The molecule has 0 saturated carbocycles. The van der Waals surface area contributed by atoms with E-state index in [2.05, 4.69) is 4.98 Å². The molecule has 1 rings (SSSR count). The van der Waals surface area contributed by atoms with Crippen LogP contribution in [0.4, 0.5) is 5.82 Å². The van der Waals surface area contributed by atoms with E-state index in [1.165, 1.54) is 0 Å². The van der Waals surface area contributed by atoms with Crippen LogP contribution in [0, 0.1) is 5.41 Å². The van der Waals surface area contributed by atoms with E-state index < -0.39 is 0 Å². The lowest BCUT2D eigenvalue weighted by Gasteiger charge is -1.96. The van der Waals surface area contributed by atoms with Gasteiger partial charge in [-0.05, 0) is 19.1 Å². The standard InChI is InChI=1S/C7H9N3/c1-5(8)6-3-2-4-7(9)10-6/h2-4,8H,1H3,(H2,9,10). The lowest BCUT2D eigenvalue weighted by molar-refractivity contribution is 1.27. The number of pyridine rings is 1. The first kappa shape index (κ1) is 6.74. The summed E-state index contributed by atoms with van der Waals surface area (Å²) in [5.74, 6) is 0.462. The van der Waals surface area contributed by atoms with Crippen molar-refractivity contribution in [1.82, 2.24) is 4.98 Å². The van der Waals surface area contributed by atoms with Crippen molar-refractivity contribution in [1.29, 1.82) is 5.41 Å². The Hall–Kier alpha value is -1.38. The number of nitrogens with one attached hydrogen (secondary N) is 1. The van der Waals surface area contributed by atoms with E-state index in [4.69, 9.17) is 11.1 Å². The zero-order valence-electron chi connectivity index (χ0n) is 5.76. The highest BCUT2D eigenvalue weighted by atomic mass is 14.8. The van der Waals surface area contributed by atoms with Gasteiger partial charge in [-0.25, -0.2) is 4.98 Å². The second kappa shape index (κ2) is 2.47. The van der Waals surface area contributed by atoms with E-state index in [0.717, 1.165) is 0 Å². The monoisotopic (exact) mass is 135 g/mol. The molecule has 0 aliphatic heterocycles. The zero-order chi connectivity index (χ0) is 7.56. The lowest BCUT2D eigenvalue weighted by Crippen LogP contribution is -1.98. The minimum atomic E-state index is 0.437. The van der Waals surface area contributed by atoms with E-state index in [0.29, 0.717) is 17.2 Å². The number of anilines is 1. The number of aromatic nitrogens is 1. The van der Waals surface area contributed by atoms with Crippen LogP contribution in [0.25, 0.3) is 0 Å². The first-order valence-electron chi connectivity index (χ1n) is 2.98. The van der Waals surface area contributed by atoms with Crippen LogP contribution in [-0.4, -0.2) is 10.7 Å². The number of nitrogens with zero attached hydrogens (tertiary/aromatic N) is 1. The minimum Gasteiger partial charge on any atom is -0.384 e. The molecule has 0 saturated heterocycles. The molecule has 3 heteroatoms. The molecule has 10 heavy (non-hydrogen) atoms. The highest BCUT2D eigenvalue weighted by Gasteiger charge is 1.94. The second-order valence-corrected chi connectivity index (χ2v) is 2.07. The van der Waals surface area contributed by atoms with Crippen molar-refractivity contribution in [3.8, 4) is 0 Å². The Balaban J connectivity index is 3.07. The van der Waals surface area contributed by atoms with Crippen LogP contribution >= 0.6 is 0 Å². The first-order chi connectivity index (χ1) is 4.70. The number of nitrogens with two attached hydrogens (primary N) is 1. The lowest BCUT2D eigenvalue weighted by atomic mass is 10.2. The van der Waals surface area contributed by atoms with Crippen molar-refractivity contribution >= 4 is 11.5 Å². The molecule has 0 aliphatic carbocycles. The maximum absolute atomic E-state index is 7.21. The van der Waals surface area contributed by atoms with Crippen LogP contribution < -0.4 is 5.73 Å². The molecule has 0 atom stereocenters. The molecule has 1 aromatic rings. The predicted molar refractivity (Wildman–Crippen MR) is 41.2 cm³/mol. The molecule has 0 spiro atoms. The highest BCUT2D eigenvalue weighted by Crippen LogP contribution is 1.99. The van der Waals surface area contributed by atoms with Crippen LogP contribution in [-0.2, 0) is 0 Å². The summed E-state index contributed by atoms with van der Waals surface area (Å²) in [4.78, 5) is 3.93. The van der Waals surface area contributed by atoms with Gasteiger partial charge in [-0.3, -0.25) is 0 Å². The van der Waals surface area contributed by atoms with E-state index >= 15 is 0 Å². The molecule has 0 bridgehead atoms. The largest absolute Gasteiger partial charge is 0.384 e. The normalized spacial score (nSPS) is 9.30. The third-order valence-electron chi connectivity index (χ3n) is 1.15. The Kier molecular flexibility index (Phi) is 1.67. The van der Waals surface area contributed by atoms with Crippen LogP contribution in [0.1, 0.15) is 12.6 Å². The quantitative estimate of drug-likeness (QED) is 0.565. The summed E-state index contributed by atoms with van der Waals surface area (Å²) in [7, 11) is 0. The number of hydrogen-bond donors (Lipinski definition) is 2. The maximum atomic E-state index is 7.21. The molecule has 0 radical (unpaired) electrons. The maximum Gasteiger partial charge on any atom is 0.124 e. The molecule has 0 aromatic carbocycles. The molecule has 3 nitrogen and oxygen atoms in total. The summed E-state index contributed by atoms with van der Waals surface area (Å²) in [6.45, 7) is 1.68. The van der Waals surface area contributed by atoms with Crippen molar-refractivity contribution < 1.29 is 0 Å². The Labute approximate surface area is 59.4 Å². The first-order valence-corrected chi connectivity index (χ1v) is 2.98. The van der Waals surface area contributed by atoms with Crippen LogP contribution in [0.3, 0.4) is 0 Å². The van der Waals surface area contributed by atoms with Crippen molar-refractivity contribution in [2.24, 2.45) is 0 Å². The molecule has 1 aromatic heterocycles. The number of nitrogen functional groups attached to an aromatic ring is 1. The van der Waals surface area contributed by atoms with Gasteiger partial charge in [0.1, 0.15) is 5.82 Å². The summed E-state index contributed by atoms with van der Waals surface area (Å²) >= 11 is 0. The van der Waals surface area contributed by atoms with Gasteiger partial charge in [0.25, 0.3) is 0 Å². The Morgan fingerprint density at radius 3 is 2.70 bits per heavy atom. The van der Waals surface area contributed by atoms with Gasteiger partial charge in [-0.2, -0.15) is 0 Å². The van der Waals surface area contributed by atoms with Gasteiger partial charge in [0.2, 0.25) is 0 Å². The number of rotatable bonds is 1. The molecule has 1 heterocycles. The van der Waals surface area contributed by atoms with Crippen molar-refractivity contribution in [3.63, 3.8) is 0 Å². The average Bonchev–Trinajstić information content (AvgIpc) is 1.88. The van der Waals surface area contributed by atoms with Gasteiger partial charge >= 0.3 is 0 Å². The topological polar surface area (TPSA) is 62.8 Å². The SMILES string of the molecule is CC(=N)c1cccc(N)n1. The van der Waals surface area contributed by atoms with E-state index in [1.807, 2.05) is 0 Å². The van der Waals surface area contributed by atoms with Gasteiger partial charge in [-0.15, -0.1) is 0 Å². The summed E-state index contributed by atoms with van der Waals surface area (Å²) in [6.07, 6.45) is 0. The minimum absolute atomic E-state index is 0.437. The third kappa shape index (κ3) is 1.31. The fourth-order valence-electron chi connectivity index (χ4n) is 0.660. The molecule has 0 unspecified atom stereocenters. The molecule has 0 aliphatic rings. The van der Waals surface area contributed by atoms with Crippen molar-refractivity contribution in [2.75, 3.05) is 5.73 Å². The Morgan fingerprint density at radius 2 is 2.30 bits per heavy atom. The van der Waals surface area contributed by atoms with Gasteiger partial charge in [0, 0.05) is 0 Å². The zero-order valence-corrected chi connectivity index (χ0v) is 5.76. The third-order valence-corrected chi connectivity index (χ3v) is 1.15. The van der Waals surface area contributed by atoms with E-state index in [1.54, 1.807) is 25.1 Å². The molecular weight excluding hydrogens is 126 g/mol. The Morgan fingerprint density at radius 1 is 1.60 bits per heavy atom. The highest BCUT2D eigenvalue weighted by molar-refractivity contribution is 5.94. The fraction of sp³-hybridized carbons (Fsp3) is 0.143. The molecule has 0 amide bonds. The van der Waals surface area contributed by atoms with Crippen LogP contribution in [0.2, 0.25) is 0 Å². The van der Waals surface area contributed by atoms with Crippen LogP contribution in [0.15, 0.2) is 18.2 Å². The number of hydrogen-bond acceptors (Lipinski definition) is 3. The van der Waals surface area contributed by atoms with Crippen molar-refractivity contribution in [3.05, 3.63) is 23.9 Å². The summed E-state index contributed by atoms with van der Waals surface area (Å²) in [5.41, 5.74) is 6.46. The second-order valence-electron chi connectivity index (χ2n) is 2.07. The van der Waals surface area contributed by atoms with E-state index in [-0.39, 0.29) is 0 Å². The summed E-state index contributed by atoms with van der Waals surface area (Å²) < 4.78 is 0. The smallest absolute Gasteiger partial charge is 0.124 e. The summed E-state index contributed by atoms with van der Waals surface area (Å²) in [5, 5.41) is 7.21. The Bertz CT molecular complexity index is 255. The molecule has 52 valence electrons. The summed E-state index contributed by atoms with van der Waals surface area (Å²) in [6, 6.07) is 5.25. The van der Waals surface area contributed by atoms with E-state index in [9.17, 15) is 0 Å². The van der Waals surface area contributed by atoms with Gasteiger partial charge in [-0.1, -0.05) is 6.07 Å². The van der Waals surface area contributed by atoms with Gasteiger partial charge < -0.3 is 11.1 Å². The average molecular weight is 135 g/mol. The van der Waals surface area contributed by atoms with Crippen molar-refractivity contribution in [2.45, 2.75) is 6.92 Å². The van der Waals surface area contributed by atoms with Gasteiger partial charge in [0.15, 0.2) is 0 Å². The molecule has 3 N–H and O–H groups in total.